The van der Waals surface area contributed by atoms with Gasteiger partial charge in [-0.05, 0) is 25.5 Å². The van der Waals surface area contributed by atoms with Crippen molar-refractivity contribution in [2.75, 3.05) is 6.61 Å². The van der Waals surface area contributed by atoms with Gasteiger partial charge >= 0.3 is 11.9 Å². The summed E-state index contributed by atoms with van der Waals surface area (Å²) in [6.07, 6.45) is -2.96. The molecular formula is C12H16O6S. The number of carbonyl (C=O) groups excluding carboxylic acids is 1. The van der Waals surface area contributed by atoms with E-state index in [1.54, 1.807) is 13.8 Å². The van der Waals surface area contributed by atoms with Gasteiger partial charge in [0.1, 0.15) is 11.0 Å². The van der Waals surface area contributed by atoms with Gasteiger partial charge in [-0.25, -0.2) is 4.79 Å². The SMILES string of the molecule is CCOC(=O)CC(O)C(O)c1sc(C(=O)O)cc1C. The average Bonchev–Trinajstić information content (AvgIpc) is 2.70. The third-order valence-corrected chi connectivity index (χ3v) is 3.78. The molecule has 1 heterocycles. The maximum atomic E-state index is 11.2. The van der Waals surface area contributed by atoms with Gasteiger partial charge in [0.2, 0.25) is 0 Å². The van der Waals surface area contributed by atoms with E-state index in [0.717, 1.165) is 11.3 Å². The Morgan fingerprint density at radius 1 is 1.42 bits per heavy atom. The molecule has 0 radical (unpaired) electrons. The van der Waals surface area contributed by atoms with Crippen LogP contribution in [0.5, 0.6) is 0 Å². The van der Waals surface area contributed by atoms with Gasteiger partial charge in [0.25, 0.3) is 0 Å². The first-order chi connectivity index (χ1) is 8.86. The molecule has 2 unspecified atom stereocenters. The van der Waals surface area contributed by atoms with Gasteiger partial charge in [-0.2, -0.15) is 0 Å². The minimum Gasteiger partial charge on any atom is -0.477 e. The molecule has 0 spiro atoms. The first kappa shape index (κ1) is 15.6. The zero-order valence-corrected chi connectivity index (χ0v) is 11.4. The number of aryl methyl sites for hydroxylation is 1. The van der Waals surface area contributed by atoms with E-state index in [0.29, 0.717) is 10.4 Å². The van der Waals surface area contributed by atoms with E-state index in [1.165, 1.54) is 6.07 Å². The molecule has 0 aromatic carbocycles. The lowest BCUT2D eigenvalue weighted by molar-refractivity contribution is -0.147. The summed E-state index contributed by atoms with van der Waals surface area (Å²) in [6, 6.07) is 1.42. The largest absolute Gasteiger partial charge is 0.477 e. The van der Waals surface area contributed by atoms with Crippen molar-refractivity contribution in [1.29, 1.82) is 0 Å². The van der Waals surface area contributed by atoms with Crippen molar-refractivity contribution in [3.63, 3.8) is 0 Å². The number of carbonyl (C=O) groups is 2. The van der Waals surface area contributed by atoms with Crippen LogP contribution >= 0.6 is 11.3 Å². The maximum Gasteiger partial charge on any atom is 0.345 e. The van der Waals surface area contributed by atoms with Gasteiger partial charge in [0, 0.05) is 4.88 Å². The van der Waals surface area contributed by atoms with E-state index in [2.05, 4.69) is 4.74 Å². The number of aliphatic hydroxyl groups is 2. The average molecular weight is 288 g/mol. The highest BCUT2D eigenvalue weighted by Crippen LogP contribution is 2.30. The Morgan fingerprint density at radius 2 is 2.05 bits per heavy atom. The first-order valence-electron chi connectivity index (χ1n) is 5.72. The van der Waals surface area contributed by atoms with Crippen LogP contribution in [-0.2, 0) is 9.53 Å². The van der Waals surface area contributed by atoms with Crippen molar-refractivity contribution in [2.24, 2.45) is 0 Å². The van der Waals surface area contributed by atoms with Gasteiger partial charge in [0.15, 0.2) is 0 Å². The number of carboxylic acids is 1. The molecule has 19 heavy (non-hydrogen) atoms. The van der Waals surface area contributed by atoms with Crippen LogP contribution in [0.25, 0.3) is 0 Å². The van der Waals surface area contributed by atoms with Gasteiger partial charge < -0.3 is 20.1 Å². The number of aliphatic hydroxyl groups excluding tert-OH is 2. The molecule has 106 valence electrons. The Kier molecular flexibility index (Phi) is 5.46. The molecule has 0 amide bonds. The molecule has 0 fully saturated rings. The molecular weight excluding hydrogens is 272 g/mol. The third kappa shape index (κ3) is 4.02. The van der Waals surface area contributed by atoms with Gasteiger partial charge in [-0.3, -0.25) is 4.79 Å². The second-order valence-corrected chi connectivity index (χ2v) is 5.07. The lowest BCUT2D eigenvalue weighted by atomic mass is 10.1. The Morgan fingerprint density at radius 3 is 2.53 bits per heavy atom. The molecule has 0 saturated carbocycles. The number of rotatable bonds is 6. The monoisotopic (exact) mass is 288 g/mol. The molecule has 1 rings (SSSR count). The molecule has 6 nitrogen and oxygen atoms in total. The number of hydrogen-bond donors (Lipinski definition) is 3. The summed E-state index contributed by atoms with van der Waals surface area (Å²) in [5.74, 6) is -1.70. The van der Waals surface area contributed by atoms with Crippen LogP contribution in [0.15, 0.2) is 6.07 Å². The van der Waals surface area contributed by atoms with Crippen LogP contribution < -0.4 is 0 Å². The summed E-state index contributed by atoms with van der Waals surface area (Å²) in [4.78, 5) is 22.4. The summed E-state index contributed by atoms with van der Waals surface area (Å²) < 4.78 is 4.67. The Hall–Kier alpha value is -1.44. The second-order valence-electron chi connectivity index (χ2n) is 3.98. The van der Waals surface area contributed by atoms with Crippen LogP contribution in [0.2, 0.25) is 0 Å². The second kappa shape index (κ2) is 6.65. The molecule has 1 aromatic rings. The van der Waals surface area contributed by atoms with E-state index in [9.17, 15) is 19.8 Å². The predicted molar refractivity (Wildman–Crippen MR) is 68.2 cm³/mol. The van der Waals surface area contributed by atoms with Crippen LogP contribution in [-0.4, -0.2) is 40.0 Å². The van der Waals surface area contributed by atoms with Crippen LogP contribution in [0.4, 0.5) is 0 Å². The smallest absolute Gasteiger partial charge is 0.345 e. The quantitative estimate of drug-likeness (QED) is 0.677. The number of ether oxygens (including phenoxy) is 1. The fourth-order valence-electron chi connectivity index (χ4n) is 1.57. The number of thiophene rings is 1. The number of esters is 1. The lowest BCUT2D eigenvalue weighted by Crippen LogP contribution is -2.23. The number of carboxylic acid groups (broad SMARTS) is 1. The van der Waals surface area contributed by atoms with Crippen molar-refractivity contribution in [3.8, 4) is 0 Å². The zero-order valence-electron chi connectivity index (χ0n) is 10.6. The fraction of sp³-hybridized carbons (Fsp3) is 0.500. The van der Waals surface area contributed by atoms with Crippen LogP contribution in [0, 0.1) is 6.92 Å². The van der Waals surface area contributed by atoms with Gasteiger partial charge in [-0.1, -0.05) is 0 Å². The lowest BCUT2D eigenvalue weighted by Gasteiger charge is -2.16. The fourth-order valence-corrected chi connectivity index (χ4v) is 2.63. The van der Waals surface area contributed by atoms with Crippen molar-refractivity contribution >= 4 is 23.3 Å². The van der Waals surface area contributed by atoms with E-state index in [-0.39, 0.29) is 17.9 Å². The van der Waals surface area contributed by atoms with Crippen molar-refractivity contribution < 1.29 is 29.6 Å². The molecule has 3 N–H and O–H groups in total. The standard InChI is InChI=1S/C12H16O6S/c1-3-18-9(14)5-7(13)10(15)11-6(2)4-8(19-11)12(16)17/h4,7,10,13,15H,3,5H2,1-2H3,(H,16,17). The highest BCUT2D eigenvalue weighted by molar-refractivity contribution is 7.14. The molecule has 0 saturated heterocycles. The Bertz CT molecular complexity index is 467. The molecule has 2 atom stereocenters. The molecule has 0 aliphatic heterocycles. The predicted octanol–water partition coefficient (Wildman–Crippen LogP) is 1.10. The Labute approximate surface area is 114 Å². The van der Waals surface area contributed by atoms with Crippen molar-refractivity contribution in [2.45, 2.75) is 32.5 Å². The van der Waals surface area contributed by atoms with Crippen molar-refractivity contribution in [1.82, 2.24) is 0 Å². The minimum absolute atomic E-state index is 0.0786. The molecule has 0 aliphatic carbocycles. The highest BCUT2D eigenvalue weighted by atomic mass is 32.1. The number of aromatic carboxylic acids is 1. The molecule has 1 aromatic heterocycles. The molecule has 0 bridgehead atoms. The van der Waals surface area contributed by atoms with Crippen LogP contribution in [0.3, 0.4) is 0 Å². The summed E-state index contributed by atoms with van der Waals surface area (Å²) >= 11 is 0.883. The minimum atomic E-state index is -1.32. The number of hydrogen-bond acceptors (Lipinski definition) is 6. The normalized spacial score (nSPS) is 13.9. The van der Waals surface area contributed by atoms with E-state index in [4.69, 9.17) is 5.11 Å². The maximum absolute atomic E-state index is 11.2. The van der Waals surface area contributed by atoms with E-state index in [1.807, 2.05) is 0 Å². The van der Waals surface area contributed by atoms with Gasteiger partial charge in [-0.15, -0.1) is 11.3 Å². The summed E-state index contributed by atoms with van der Waals surface area (Å²) in [6.45, 7) is 3.48. The highest BCUT2D eigenvalue weighted by Gasteiger charge is 2.26. The van der Waals surface area contributed by atoms with E-state index >= 15 is 0 Å². The molecule has 7 heteroatoms. The first-order valence-corrected chi connectivity index (χ1v) is 6.53. The van der Waals surface area contributed by atoms with E-state index < -0.39 is 24.1 Å². The molecule has 0 aliphatic rings. The van der Waals surface area contributed by atoms with Gasteiger partial charge in [0.05, 0.1) is 19.1 Å². The van der Waals surface area contributed by atoms with Crippen molar-refractivity contribution in [3.05, 3.63) is 21.4 Å². The topological polar surface area (TPSA) is 104 Å². The zero-order chi connectivity index (χ0) is 14.6. The summed E-state index contributed by atoms with van der Waals surface area (Å²) in [7, 11) is 0. The Balaban J connectivity index is 2.79. The summed E-state index contributed by atoms with van der Waals surface area (Å²) in [5, 5.41) is 28.5. The third-order valence-electron chi connectivity index (χ3n) is 2.48. The van der Waals surface area contributed by atoms with Crippen LogP contribution in [0.1, 0.15) is 39.6 Å². The summed E-state index contributed by atoms with van der Waals surface area (Å²) in [5.41, 5.74) is 0.567.